The summed E-state index contributed by atoms with van der Waals surface area (Å²) in [7, 11) is 5.86. The van der Waals surface area contributed by atoms with Crippen LogP contribution in [-0.2, 0) is 4.79 Å². The third kappa shape index (κ3) is 4.60. The Morgan fingerprint density at radius 3 is 2.52 bits per heavy atom. The van der Waals surface area contributed by atoms with Crippen molar-refractivity contribution in [2.45, 2.75) is 0 Å². The number of benzene rings is 2. The molecule has 2 aromatic carbocycles. The van der Waals surface area contributed by atoms with Crippen LogP contribution in [0.1, 0.15) is 0 Å². The number of hydrogen-bond donors (Lipinski definition) is 2. The molecule has 0 radical (unpaired) electrons. The lowest BCUT2D eigenvalue weighted by atomic mass is 10.0. The first-order valence-electron chi connectivity index (χ1n) is 10.4. The number of hydrogen-bond acceptors (Lipinski definition) is 6. The normalized spacial score (nSPS) is 14.9. The second-order valence-electron chi connectivity index (χ2n) is 8.26. The van der Waals surface area contributed by atoms with Gasteiger partial charge in [0.15, 0.2) is 0 Å². The van der Waals surface area contributed by atoms with Crippen LogP contribution in [0.3, 0.4) is 0 Å². The van der Waals surface area contributed by atoms with E-state index in [9.17, 15) is 9.59 Å². The molecule has 0 saturated carbocycles. The Balaban J connectivity index is 1.77. The first kappa shape index (κ1) is 21.0. The number of piperazine rings is 1. The van der Waals surface area contributed by atoms with Gasteiger partial charge in [-0.2, -0.15) is 5.10 Å². The Morgan fingerprint density at radius 1 is 1.10 bits per heavy atom. The Bertz CT molecular complexity index is 1150. The zero-order valence-electron chi connectivity index (χ0n) is 18.2. The van der Waals surface area contributed by atoms with Crippen LogP contribution in [0, 0.1) is 0 Å². The number of anilines is 2. The molecule has 0 spiro atoms. The predicted octanol–water partition coefficient (Wildman–Crippen LogP) is 1.84. The molecule has 8 heteroatoms. The highest BCUT2D eigenvalue weighted by Gasteiger charge is 2.20. The molecule has 1 aliphatic rings. The standard InChI is InChI=1S/C23H28N6O2/c1-27(2)15-21(30)24-19-14-16(8-9-20(19)29-12-10-28(3)11-13-29)22-17-6-4-5-7-18(17)23(31)26-25-22/h4-9,14H,10-13,15H2,1-3H3,(H,24,30)(H,26,31). The minimum absolute atomic E-state index is 0.0724. The van der Waals surface area contributed by atoms with Crippen molar-refractivity contribution >= 4 is 28.1 Å². The third-order valence-corrected chi connectivity index (χ3v) is 5.54. The maximum Gasteiger partial charge on any atom is 0.272 e. The monoisotopic (exact) mass is 420 g/mol. The van der Waals surface area contributed by atoms with Crippen LogP contribution in [0.15, 0.2) is 47.3 Å². The molecule has 1 saturated heterocycles. The molecule has 8 nitrogen and oxygen atoms in total. The quantitative estimate of drug-likeness (QED) is 0.655. The Kier molecular flexibility index (Phi) is 6.01. The molecule has 0 atom stereocenters. The molecular weight excluding hydrogens is 392 g/mol. The van der Waals surface area contributed by atoms with E-state index in [1.54, 1.807) is 6.07 Å². The largest absolute Gasteiger partial charge is 0.367 e. The van der Waals surface area contributed by atoms with Crippen LogP contribution in [0.2, 0.25) is 0 Å². The number of nitrogens with zero attached hydrogens (tertiary/aromatic N) is 4. The Morgan fingerprint density at radius 2 is 1.81 bits per heavy atom. The van der Waals surface area contributed by atoms with Crippen LogP contribution in [-0.4, -0.2) is 79.8 Å². The molecule has 162 valence electrons. The Labute approximate surface area is 181 Å². The molecule has 0 unspecified atom stereocenters. The van der Waals surface area contributed by atoms with E-state index in [1.807, 2.05) is 55.4 Å². The summed E-state index contributed by atoms with van der Waals surface area (Å²) < 4.78 is 0. The van der Waals surface area contributed by atoms with Crippen LogP contribution in [0.5, 0.6) is 0 Å². The van der Waals surface area contributed by atoms with Gasteiger partial charge < -0.3 is 20.0 Å². The summed E-state index contributed by atoms with van der Waals surface area (Å²) in [6, 6.07) is 13.4. The lowest BCUT2D eigenvalue weighted by Crippen LogP contribution is -2.44. The van der Waals surface area contributed by atoms with E-state index >= 15 is 0 Å². The molecule has 1 fully saturated rings. The number of rotatable bonds is 5. The van der Waals surface area contributed by atoms with Crippen molar-refractivity contribution in [1.29, 1.82) is 0 Å². The van der Waals surface area contributed by atoms with Gasteiger partial charge >= 0.3 is 0 Å². The van der Waals surface area contributed by atoms with Crippen LogP contribution < -0.4 is 15.8 Å². The number of carbonyl (C=O) groups is 1. The van der Waals surface area contributed by atoms with E-state index in [2.05, 4.69) is 32.4 Å². The van der Waals surface area contributed by atoms with Gasteiger partial charge in [-0.25, -0.2) is 5.10 Å². The molecule has 0 aliphatic carbocycles. The fourth-order valence-corrected chi connectivity index (χ4v) is 3.92. The summed E-state index contributed by atoms with van der Waals surface area (Å²) in [5.74, 6) is -0.0724. The number of carbonyl (C=O) groups excluding carboxylic acids is 1. The van der Waals surface area contributed by atoms with Crippen molar-refractivity contribution in [2.75, 3.05) is 64.1 Å². The van der Waals surface area contributed by atoms with Crippen LogP contribution >= 0.6 is 0 Å². The van der Waals surface area contributed by atoms with E-state index in [4.69, 9.17) is 0 Å². The third-order valence-electron chi connectivity index (χ3n) is 5.54. The van der Waals surface area contributed by atoms with Gasteiger partial charge in [0.1, 0.15) is 0 Å². The molecule has 2 heterocycles. The van der Waals surface area contributed by atoms with Gasteiger partial charge in [0.05, 0.1) is 29.0 Å². The topological polar surface area (TPSA) is 84.6 Å². The first-order valence-corrected chi connectivity index (χ1v) is 10.4. The number of H-pyrrole nitrogens is 1. The predicted molar refractivity (Wildman–Crippen MR) is 125 cm³/mol. The number of fused-ring (bicyclic) bond motifs is 1. The minimum Gasteiger partial charge on any atom is -0.367 e. The lowest BCUT2D eigenvalue weighted by Gasteiger charge is -2.35. The molecule has 1 amide bonds. The lowest BCUT2D eigenvalue weighted by molar-refractivity contribution is -0.116. The molecule has 1 aliphatic heterocycles. The van der Waals surface area contributed by atoms with Gasteiger partial charge in [-0.3, -0.25) is 9.59 Å². The zero-order valence-corrected chi connectivity index (χ0v) is 18.2. The van der Waals surface area contributed by atoms with Gasteiger partial charge in [-0.15, -0.1) is 0 Å². The van der Waals surface area contributed by atoms with Gasteiger partial charge in [0.25, 0.3) is 5.56 Å². The molecule has 31 heavy (non-hydrogen) atoms. The summed E-state index contributed by atoms with van der Waals surface area (Å²) in [4.78, 5) is 31.2. The summed E-state index contributed by atoms with van der Waals surface area (Å²) in [6.07, 6.45) is 0. The van der Waals surface area contributed by atoms with Crippen molar-refractivity contribution in [3.8, 4) is 11.3 Å². The van der Waals surface area contributed by atoms with E-state index in [0.717, 1.165) is 48.5 Å². The average molecular weight is 421 g/mol. The van der Waals surface area contributed by atoms with Gasteiger partial charge in [0.2, 0.25) is 5.91 Å². The first-order chi connectivity index (χ1) is 14.9. The van der Waals surface area contributed by atoms with Gasteiger partial charge in [-0.05, 0) is 39.3 Å². The summed E-state index contributed by atoms with van der Waals surface area (Å²) in [5.41, 5.74) is 3.06. The number of aromatic amines is 1. The fraction of sp³-hybridized carbons (Fsp3) is 0.348. The highest BCUT2D eigenvalue weighted by Crippen LogP contribution is 2.33. The van der Waals surface area contributed by atoms with Gasteiger partial charge in [-0.1, -0.05) is 24.3 Å². The molecule has 3 aromatic rings. The molecule has 2 N–H and O–H groups in total. The summed E-state index contributed by atoms with van der Waals surface area (Å²) >= 11 is 0. The van der Waals surface area contributed by atoms with Crippen molar-refractivity contribution in [1.82, 2.24) is 20.0 Å². The summed E-state index contributed by atoms with van der Waals surface area (Å²) in [6.45, 7) is 4.03. The maximum absolute atomic E-state index is 12.6. The zero-order chi connectivity index (χ0) is 22.0. The van der Waals surface area contributed by atoms with E-state index in [1.165, 1.54) is 0 Å². The maximum atomic E-state index is 12.6. The molecule has 0 bridgehead atoms. The number of nitrogens with one attached hydrogen (secondary N) is 2. The molecule has 4 rings (SSSR count). The van der Waals surface area contributed by atoms with Gasteiger partial charge in [0, 0.05) is 37.1 Å². The highest BCUT2D eigenvalue weighted by atomic mass is 16.2. The molecule has 1 aromatic heterocycles. The minimum atomic E-state index is -0.215. The second kappa shape index (κ2) is 8.87. The van der Waals surface area contributed by atoms with Crippen molar-refractivity contribution < 1.29 is 4.79 Å². The van der Waals surface area contributed by atoms with Crippen LogP contribution in [0.4, 0.5) is 11.4 Å². The highest BCUT2D eigenvalue weighted by molar-refractivity contribution is 5.99. The SMILES string of the molecule is CN(C)CC(=O)Nc1cc(-c2n[nH]c(=O)c3ccccc23)ccc1N1CCN(C)CC1. The summed E-state index contributed by atoms with van der Waals surface area (Å²) in [5, 5.41) is 11.4. The molecular formula is C23H28N6O2. The number of aromatic nitrogens is 2. The van der Waals surface area contributed by atoms with E-state index in [0.29, 0.717) is 17.6 Å². The fourth-order valence-electron chi connectivity index (χ4n) is 3.92. The Hall–Kier alpha value is -3.23. The van der Waals surface area contributed by atoms with E-state index < -0.39 is 0 Å². The smallest absolute Gasteiger partial charge is 0.272 e. The number of amides is 1. The number of likely N-dealkylation sites (N-methyl/N-ethyl adjacent to an activating group) is 2. The van der Waals surface area contributed by atoms with Crippen LogP contribution in [0.25, 0.3) is 22.0 Å². The van der Waals surface area contributed by atoms with Crippen molar-refractivity contribution in [2.24, 2.45) is 0 Å². The van der Waals surface area contributed by atoms with Crippen molar-refractivity contribution in [3.05, 3.63) is 52.8 Å². The van der Waals surface area contributed by atoms with Crippen molar-refractivity contribution in [3.63, 3.8) is 0 Å². The van der Waals surface area contributed by atoms with E-state index in [-0.39, 0.29) is 11.5 Å². The second-order valence-corrected chi connectivity index (χ2v) is 8.26. The average Bonchev–Trinajstić information content (AvgIpc) is 2.74.